The van der Waals surface area contributed by atoms with Crippen LogP contribution in [0.25, 0.3) is 11.4 Å². The van der Waals surface area contributed by atoms with Gasteiger partial charge in [0.2, 0.25) is 0 Å². The highest BCUT2D eigenvalue weighted by Gasteiger charge is 2.32. The van der Waals surface area contributed by atoms with Crippen molar-refractivity contribution in [2.24, 2.45) is 0 Å². The number of nitrogens with two attached hydrogens (primary N) is 1. The maximum atomic E-state index is 6.11. The smallest absolute Gasteiger partial charge is 0.165 e. The van der Waals surface area contributed by atoms with Crippen LogP contribution >= 0.6 is 11.8 Å². The zero-order valence-electron chi connectivity index (χ0n) is 12.1. The van der Waals surface area contributed by atoms with Gasteiger partial charge < -0.3 is 10.5 Å². The van der Waals surface area contributed by atoms with Crippen LogP contribution in [0, 0.1) is 0 Å². The van der Waals surface area contributed by atoms with Gasteiger partial charge in [0.15, 0.2) is 5.82 Å². The van der Waals surface area contributed by atoms with E-state index in [9.17, 15) is 0 Å². The number of aromatic nitrogens is 2. The molecule has 5 heteroatoms. The number of thioether (sulfide) groups is 1. The Morgan fingerprint density at radius 1 is 1.24 bits per heavy atom. The first-order valence-electron chi connectivity index (χ1n) is 7.08. The van der Waals surface area contributed by atoms with Crippen LogP contribution in [0.3, 0.4) is 0 Å². The van der Waals surface area contributed by atoms with Crippen LogP contribution in [0.4, 0.5) is 5.82 Å². The van der Waals surface area contributed by atoms with Crippen molar-refractivity contribution in [3.63, 3.8) is 0 Å². The molecular formula is C16H17N3OS. The van der Waals surface area contributed by atoms with Gasteiger partial charge in [-0.15, -0.1) is 0 Å². The number of hydrogen-bond donors (Lipinski definition) is 1. The Bertz CT molecular complexity index is 743. The molecule has 0 aliphatic carbocycles. The molecule has 21 heavy (non-hydrogen) atoms. The normalized spacial score (nSPS) is 18.2. The molecule has 0 amide bonds. The van der Waals surface area contributed by atoms with Crippen molar-refractivity contribution in [1.82, 2.24) is 9.97 Å². The van der Waals surface area contributed by atoms with Gasteiger partial charge in [-0.05, 0) is 25.5 Å². The van der Waals surface area contributed by atoms with Crippen LogP contribution in [-0.4, -0.2) is 15.6 Å². The first kappa shape index (κ1) is 13.0. The molecular weight excluding hydrogens is 282 g/mol. The van der Waals surface area contributed by atoms with E-state index in [0.717, 1.165) is 40.5 Å². The first-order chi connectivity index (χ1) is 10.0. The van der Waals surface area contributed by atoms with Crippen LogP contribution in [0.15, 0.2) is 18.2 Å². The van der Waals surface area contributed by atoms with E-state index >= 15 is 0 Å². The molecule has 3 heterocycles. The highest BCUT2D eigenvalue weighted by atomic mass is 32.2. The number of benzene rings is 1. The summed E-state index contributed by atoms with van der Waals surface area (Å²) in [5, 5.41) is 0. The van der Waals surface area contributed by atoms with E-state index < -0.39 is 0 Å². The van der Waals surface area contributed by atoms with E-state index in [1.165, 1.54) is 5.56 Å². The van der Waals surface area contributed by atoms with Crippen molar-refractivity contribution < 1.29 is 4.74 Å². The van der Waals surface area contributed by atoms with Crippen molar-refractivity contribution in [2.75, 3.05) is 5.73 Å². The number of rotatable bonds is 1. The van der Waals surface area contributed by atoms with E-state index in [4.69, 9.17) is 15.5 Å². The number of fused-ring (bicyclic) bond motifs is 2. The summed E-state index contributed by atoms with van der Waals surface area (Å²) in [7, 11) is 0. The fraction of sp³-hybridized carbons (Fsp3) is 0.375. The molecule has 0 saturated carbocycles. The monoisotopic (exact) mass is 299 g/mol. The van der Waals surface area contributed by atoms with Gasteiger partial charge in [-0.25, -0.2) is 9.97 Å². The van der Waals surface area contributed by atoms with Crippen LogP contribution in [0.1, 0.15) is 30.7 Å². The number of para-hydroxylation sites is 1. The third kappa shape index (κ3) is 2.07. The van der Waals surface area contributed by atoms with Crippen molar-refractivity contribution >= 4 is 17.6 Å². The molecule has 1 aromatic carbocycles. The lowest BCUT2D eigenvalue weighted by atomic mass is 10.0. The van der Waals surface area contributed by atoms with Gasteiger partial charge in [0.1, 0.15) is 17.2 Å². The molecule has 1 aromatic heterocycles. The molecule has 2 aromatic rings. The molecule has 0 saturated heterocycles. The highest BCUT2D eigenvalue weighted by molar-refractivity contribution is 7.98. The molecule has 0 bridgehead atoms. The van der Waals surface area contributed by atoms with Crippen molar-refractivity contribution in [2.45, 2.75) is 37.4 Å². The molecule has 4 rings (SSSR count). The lowest BCUT2D eigenvalue weighted by Gasteiger charge is -2.18. The third-order valence-corrected chi connectivity index (χ3v) is 4.91. The topological polar surface area (TPSA) is 61.0 Å². The lowest BCUT2D eigenvalue weighted by Crippen LogP contribution is -2.24. The second-order valence-electron chi connectivity index (χ2n) is 6.18. The SMILES string of the molecule is CC1(C)Cc2cccc(-c3nc(N)c4c(n3)CSC4)c2O1. The molecule has 2 aliphatic heterocycles. The summed E-state index contributed by atoms with van der Waals surface area (Å²) in [6.45, 7) is 4.21. The highest BCUT2D eigenvalue weighted by Crippen LogP contribution is 2.42. The molecule has 108 valence electrons. The Kier molecular flexibility index (Phi) is 2.70. The predicted octanol–water partition coefficient (Wildman–Crippen LogP) is 3.19. The Hall–Kier alpha value is -1.75. The molecule has 2 aliphatic rings. The summed E-state index contributed by atoms with van der Waals surface area (Å²) in [5.41, 5.74) is 10.3. The minimum Gasteiger partial charge on any atom is -0.486 e. The largest absolute Gasteiger partial charge is 0.486 e. The zero-order chi connectivity index (χ0) is 14.6. The van der Waals surface area contributed by atoms with E-state index in [0.29, 0.717) is 11.6 Å². The summed E-state index contributed by atoms with van der Waals surface area (Å²) >= 11 is 1.83. The van der Waals surface area contributed by atoms with Gasteiger partial charge >= 0.3 is 0 Å². The molecule has 2 N–H and O–H groups in total. The fourth-order valence-electron chi connectivity index (χ4n) is 2.99. The van der Waals surface area contributed by atoms with Gasteiger partial charge in [0.05, 0.1) is 11.3 Å². The summed E-state index contributed by atoms with van der Waals surface area (Å²) in [6.07, 6.45) is 0.909. The Balaban J connectivity index is 1.86. The maximum Gasteiger partial charge on any atom is 0.165 e. The molecule has 0 fully saturated rings. The number of anilines is 1. The molecule has 4 nitrogen and oxygen atoms in total. The van der Waals surface area contributed by atoms with Crippen LogP contribution < -0.4 is 10.5 Å². The Labute approximate surface area is 128 Å². The maximum absolute atomic E-state index is 6.11. The molecule has 0 spiro atoms. The number of ether oxygens (including phenoxy) is 1. The molecule has 0 radical (unpaired) electrons. The average molecular weight is 299 g/mol. The van der Waals surface area contributed by atoms with Crippen molar-refractivity contribution in [1.29, 1.82) is 0 Å². The van der Waals surface area contributed by atoms with Gasteiger partial charge in [-0.1, -0.05) is 12.1 Å². The van der Waals surface area contributed by atoms with Gasteiger partial charge in [0, 0.05) is 23.5 Å². The number of hydrogen-bond acceptors (Lipinski definition) is 5. The minimum absolute atomic E-state index is 0.170. The van der Waals surface area contributed by atoms with Gasteiger partial charge in [0.25, 0.3) is 0 Å². The van der Waals surface area contributed by atoms with Crippen LogP contribution in [0.5, 0.6) is 5.75 Å². The quantitative estimate of drug-likeness (QED) is 0.876. The second kappa shape index (κ2) is 4.37. The standard InChI is InChI=1S/C16H17N3OS/c1-16(2)6-9-4-3-5-10(13(9)20-16)15-18-12-8-21-7-11(12)14(17)19-15/h3-5H,6-8H2,1-2H3,(H2,17,18,19). The lowest BCUT2D eigenvalue weighted by molar-refractivity contribution is 0.139. The summed E-state index contributed by atoms with van der Waals surface area (Å²) in [5.74, 6) is 4.03. The first-order valence-corrected chi connectivity index (χ1v) is 8.23. The van der Waals surface area contributed by atoms with Gasteiger partial charge in [-0.2, -0.15) is 11.8 Å². The van der Waals surface area contributed by atoms with Crippen LogP contribution in [0.2, 0.25) is 0 Å². The fourth-order valence-corrected chi connectivity index (χ4v) is 4.04. The Morgan fingerprint density at radius 3 is 2.95 bits per heavy atom. The summed E-state index contributed by atoms with van der Waals surface area (Å²) in [6, 6.07) is 6.17. The van der Waals surface area contributed by atoms with Gasteiger partial charge in [-0.3, -0.25) is 0 Å². The number of nitrogens with zero attached hydrogens (tertiary/aromatic N) is 2. The molecule has 0 atom stereocenters. The number of nitrogen functional groups attached to an aromatic ring is 1. The average Bonchev–Trinajstić information content (AvgIpc) is 3.00. The van der Waals surface area contributed by atoms with E-state index in [2.05, 4.69) is 24.9 Å². The second-order valence-corrected chi connectivity index (χ2v) is 7.17. The Morgan fingerprint density at radius 2 is 2.10 bits per heavy atom. The summed E-state index contributed by atoms with van der Waals surface area (Å²) < 4.78 is 6.11. The molecule has 0 unspecified atom stereocenters. The van der Waals surface area contributed by atoms with Crippen molar-refractivity contribution in [3.8, 4) is 17.1 Å². The van der Waals surface area contributed by atoms with E-state index in [1.807, 2.05) is 23.9 Å². The van der Waals surface area contributed by atoms with Crippen molar-refractivity contribution in [3.05, 3.63) is 35.0 Å². The zero-order valence-corrected chi connectivity index (χ0v) is 13.0. The third-order valence-electron chi connectivity index (χ3n) is 3.94. The minimum atomic E-state index is -0.170. The summed E-state index contributed by atoms with van der Waals surface area (Å²) in [4.78, 5) is 9.23. The van der Waals surface area contributed by atoms with E-state index in [-0.39, 0.29) is 5.60 Å². The van der Waals surface area contributed by atoms with E-state index in [1.54, 1.807) is 0 Å². The predicted molar refractivity (Wildman–Crippen MR) is 85.3 cm³/mol. The van der Waals surface area contributed by atoms with Crippen LogP contribution in [-0.2, 0) is 17.9 Å².